The van der Waals surface area contributed by atoms with Crippen molar-refractivity contribution in [3.63, 3.8) is 0 Å². The summed E-state index contributed by atoms with van der Waals surface area (Å²) >= 11 is 0. The van der Waals surface area contributed by atoms with Gasteiger partial charge in [0.15, 0.2) is 11.5 Å². The third-order valence-electron chi connectivity index (χ3n) is 3.85. The Balaban J connectivity index is 1.42. The molecule has 0 aliphatic carbocycles. The fourth-order valence-electron chi connectivity index (χ4n) is 2.55. The maximum atomic E-state index is 12.4. The number of aromatic nitrogens is 1. The van der Waals surface area contributed by atoms with Crippen LogP contribution in [0, 0.1) is 0 Å². The summed E-state index contributed by atoms with van der Waals surface area (Å²) in [5.74, 6) is 1.66. The van der Waals surface area contributed by atoms with E-state index < -0.39 is 0 Å². The van der Waals surface area contributed by atoms with Crippen LogP contribution in [0.5, 0.6) is 17.2 Å². The standard InChI is InChI=1S/C20H16N2O4/c23-20(15-6-7-18-19(9-15)26-13-25-18)22-16-4-1-5-17(10-16)24-12-14-3-2-8-21-11-14/h1-11H,12-13H2,(H,22,23). The molecule has 2 aromatic carbocycles. The van der Waals surface area contributed by atoms with Crippen LogP contribution in [0.15, 0.2) is 67.0 Å². The quantitative estimate of drug-likeness (QED) is 0.762. The maximum Gasteiger partial charge on any atom is 0.255 e. The fraction of sp³-hybridized carbons (Fsp3) is 0.100. The van der Waals surface area contributed by atoms with Gasteiger partial charge < -0.3 is 19.5 Å². The summed E-state index contributed by atoms with van der Waals surface area (Å²) in [4.78, 5) is 16.5. The van der Waals surface area contributed by atoms with Crippen LogP contribution >= 0.6 is 0 Å². The first-order valence-electron chi connectivity index (χ1n) is 8.11. The van der Waals surface area contributed by atoms with Gasteiger partial charge in [-0.15, -0.1) is 0 Å². The summed E-state index contributed by atoms with van der Waals surface area (Å²) in [6.07, 6.45) is 3.47. The van der Waals surface area contributed by atoms with Crippen molar-refractivity contribution < 1.29 is 19.0 Å². The molecule has 0 fully saturated rings. The van der Waals surface area contributed by atoms with E-state index in [-0.39, 0.29) is 12.7 Å². The SMILES string of the molecule is O=C(Nc1cccc(OCc2cccnc2)c1)c1ccc2c(c1)OCO2. The molecule has 1 amide bonds. The van der Waals surface area contributed by atoms with E-state index in [1.165, 1.54) is 0 Å². The van der Waals surface area contributed by atoms with E-state index in [1.807, 2.05) is 30.3 Å². The summed E-state index contributed by atoms with van der Waals surface area (Å²) in [7, 11) is 0. The molecular weight excluding hydrogens is 332 g/mol. The lowest BCUT2D eigenvalue weighted by Crippen LogP contribution is -2.11. The van der Waals surface area contributed by atoms with Gasteiger partial charge in [-0.05, 0) is 36.4 Å². The van der Waals surface area contributed by atoms with Crippen molar-refractivity contribution in [2.24, 2.45) is 0 Å². The first-order chi connectivity index (χ1) is 12.8. The van der Waals surface area contributed by atoms with Gasteiger partial charge in [-0.2, -0.15) is 0 Å². The molecule has 0 spiro atoms. The highest BCUT2D eigenvalue weighted by molar-refractivity contribution is 6.04. The van der Waals surface area contributed by atoms with E-state index in [0.717, 1.165) is 5.56 Å². The normalized spacial score (nSPS) is 11.8. The van der Waals surface area contributed by atoms with Crippen molar-refractivity contribution >= 4 is 11.6 Å². The van der Waals surface area contributed by atoms with Crippen LogP contribution in [0.3, 0.4) is 0 Å². The molecule has 0 saturated carbocycles. The van der Waals surface area contributed by atoms with Crippen molar-refractivity contribution in [2.45, 2.75) is 6.61 Å². The van der Waals surface area contributed by atoms with E-state index >= 15 is 0 Å². The molecule has 2 heterocycles. The van der Waals surface area contributed by atoms with Crippen LogP contribution in [0.25, 0.3) is 0 Å². The first-order valence-corrected chi connectivity index (χ1v) is 8.11. The molecule has 130 valence electrons. The molecule has 0 bridgehead atoms. The Morgan fingerprint density at radius 3 is 2.88 bits per heavy atom. The van der Waals surface area contributed by atoms with Gasteiger partial charge in [0.25, 0.3) is 5.91 Å². The van der Waals surface area contributed by atoms with E-state index in [0.29, 0.717) is 35.1 Å². The number of hydrogen-bond acceptors (Lipinski definition) is 5. The van der Waals surface area contributed by atoms with Crippen molar-refractivity contribution in [2.75, 3.05) is 12.1 Å². The lowest BCUT2D eigenvalue weighted by atomic mass is 10.2. The molecule has 1 aliphatic heterocycles. The lowest BCUT2D eigenvalue weighted by molar-refractivity contribution is 0.102. The highest BCUT2D eigenvalue weighted by Gasteiger charge is 2.16. The number of fused-ring (bicyclic) bond motifs is 1. The second kappa shape index (κ2) is 7.14. The summed E-state index contributed by atoms with van der Waals surface area (Å²) in [6.45, 7) is 0.587. The highest BCUT2D eigenvalue weighted by atomic mass is 16.7. The minimum atomic E-state index is -0.229. The van der Waals surface area contributed by atoms with Gasteiger partial charge in [0.2, 0.25) is 6.79 Å². The van der Waals surface area contributed by atoms with Gasteiger partial charge in [0, 0.05) is 35.3 Å². The molecule has 0 radical (unpaired) electrons. The third kappa shape index (κ3) is 3.59. The molecule has 0 atom stereocenters. The molecule has 6 nitrogen and oxygen atoms in total. The van der Waals surface area contributed by atoms with Crippen LogP contribution in [-0.4, -0.2) is 17.7 Å². The number of amides is 1. The zero-order valence-electron chi connectivity index (χ0n) is 13.8. The van der Waals surface area contributed by atoms with Crippen LogP contribution in [0.1, 0.15) is 15.9 Å². The topological polar surface area (TPSA) is 69.7 Å². The number of benzene rings is 2. The predicted molar refractivity (Wildman–Crippen MR) is 95.5 cm³/mol. The van der Waals surface area contributed by atoms with Crippen LogP contribution < -0.4 is 19.5 Å². The zero-order chi connectivity index (χ0) is 17.8. The minimum Gasteiger partial charge on any atom is -0.489 e. The van der Waals surface area contributed by atoms with Crippen molar-refractivity contribution in [3.8, 4) is 17.2 Å². The number of rotatable bonds is 5. The predicted octanol–water partition coefficient (Wildman–Crippen LogP) is 3.64. The average Bonchev–Trinajstić information content (AvgIpc) is 3.15. The number of nitrogens with one attached hydrogen (secondary N) is 1. The Bertz CT molecular complexity index is 928. The Morgan fingerprint density at radius 2 is 2.00 bits per heavy atom. The third-order valence-corrected chi connectivity index (χ3v) is 3.85. The van der Waals surface area contributed by atoms with Crippen molar-refractivity contribution in [1.82, 2.24) is 4.98 Å². The number of anilines is 1. The van der Waals surface area contributed by atoms with Crippen molar-refractivity contribution in [3.05, 3.63) is 78.1 Å². The molecule has 3 aromatic rings. The molecular formula is C20H16N2O4. The second-order valence-electron chi connectivity index (χ2n) is 5.70. The molecule has 6 heteroatoms. The summed E-state index contributed by atoms with van der Waals surface area (Å²) in [5, 5.41) is 2.86. The van der Waals surface area contributed by atoms with E-state index in [1.54, 1.807) is 36.7 Å². The van der Waals surface area contributed by atoms with Gasteiger partial charge in [-0.25, -0.2) is 0 Å². The fourth-order valence-corrected chi connectivity index (χ4v) is 2.55. The Morgan fingerprint density at radius 1 is 1.08 bits per heavy atom. The molecule has 0 saturated heterocycles. The van der Waals surface area contributed by atoms with Crippen LogP contribution in [0.4, 0.5) is 5.69 Å². The number of pyridine rings is 1. The van der Waals surface area contributed by atoms with E-state index in [2.05, 4.69) is 10.3 Å². The van der Waals surface area contributed by atoms with Gasteiger partial charge in [-0.3, -0.25) is 9.78 Å². The molecule has 1 aromatic heterocycles. The average molecular weight is 348 g/mol. The smallest absolute Gasteiger partial charge is 0.255 e. The maximum absolute atomic E-state index is 12.4. The number of carbonyl (C=O) groups is 1. The summed E-state index contributed by atoms with van der Waals surface area (Å²) in [6, 6.07) is 16.2. The summed E-state index contributed by atoms with van der Waals surface area (Å²) < 4.78 is 16.3. The van der Waals surface area contributed by atoms with Crippen LogP contribution in [-0.2, 0) is 6.61 Å². The molecule has 1 N–H and O–H groups in total. The highest BCUT2D eigenvalue weighted by Crippen LogP contribution is 2.32. The molecule has 1 aliphatic rings. The largest absolute Gasteiger partial charge is 0.489 e. The van der Waals surface area contributed by atoms with Gasteiger partial charge >= 0.3 is 0 Å². The molecule has 26 heavy (non-hydrogen) atoms. The Kier molecular flexibility index (Phi) is 4.38. The Labute approximate surface area is 150 Å². The van der Waals surface area contributed by atoms with Crippen molar-refractivity contribution in [1.29, 1.82) is 0 Å². The molecule has 4 rings (SSSR count). The molecule has 0 unspecified atom stereocenters. The Hall–Kier alpha value is -3.54. The number of hydrogen-bond donors (Lipinski definition) is 1. The van der Waals surface area contributed by atoms with E-state index in [4.69, 9.17) is 14.2 Å². The number of carbonyl (C=O) groups excluding carboxylic acids is 1. The summed E-state index contributed by atoms with van der Waals surface area (Å²) in [5.41, 5.74) is 2.12. The zero-order valence-corrected chi connectivity index (χ0v) is 13.8. The lowest BCUT2D eigenvalue weighted by Gasteiger charge is -2.09. The van der Waals surface area contributed by atoms with E-state index in [9.17, 15) is 4.79 Å². The van der Waals surface area contributed by atoms with Gasteiger partial charge in [0.05, 0.1) is 0 Å². The first kappa shape index (κ1) is 16.0. The monoisotopic (exact) mass is 348 g/mol. The van der Waals surface area contributed by atoms with Crippen LogP contribution in [0.2, 0.25) is 0 Å². The second-order valence-corrected chi connectivity index (χ2v) is 5.70. The minimum absolute atomic E-state index is 0.177. The van der Waals surface area contributed by atoms with Gasteiger partial charge in [0.1, 0.15) is 12.4 Å². The van der Waals surface area contributed by atoms with Gasteiger partial charge in [-0.1, -0.05) is 12.1 Å². The number of nitrogens with zero attached hydrogens (tertiary/aromatic N) is 1. The number of ether oxygens (including phenoxy) is 3.